The molecule has 1 rings (SSSR count). The van der Waals surface area contributed by atoms with E-state index in [9.17, 15) is 0 Å². The highest BCUT2D eigenvalue weighted by molar-refractivity contribution is 5.44. The maximum absolute atomic E-state index is 5.44. The minimum Gasteiger partial charge on any atom is -0.496 e. The van der Waals surface area contributed by atoms with E-state index in [4.69, 9.17) is 4.74 Å². The van der Waals surface area contributed by atoms with Gasteiger partial charge in [0.05, 0.1) is 7.11 Å². The molecule has 0 radical (unpaired) electrons. The second-order valence-corrected chi connectivity index (χ2v) is 3.42. The van der Waals surface area contributed by atoms with Crippen LogP contribution >= 0.6 is 0 Å². The summed E-state index contributed by atoms with van der Waals surface area (Å²) in [6.45, 7) is 8.08. The maximum atomic E-state index is 5.44. The molecule has 0 spiro atoms. The summed E-state index contributed by atoms with van der Waals surface area (Å²) in [5.74, 6) is 1.36. The van der Waals surface area contributed by atoms with Crippen molar-refractivity contribution in [3.63, 3.8) is 0 Å². The highest BCUT2D eigenvalue weighted by Crippen LogP contribution is 2.30. The molecular formula is C13H18O. The number of para-hydroxylation sites is 1. The van der Waals surface area contributed by atoms with Crippen molar-refractivity contribution in [2.45, 2.75) is 26.2 Å². The quantitative estimate of drug-likeness (QED) is 0.660. The minimum absolute atomic E-state index is 0.344. The van der Waals surface area contributed by atoms with Gasteiger partial charge in [0.1, 0.15) is 5.75 Å². The lowest BCUT2D eigenvalue weighted by atomic mass is 9.97. The van der Waals surface area contributed by atoms with Gasteiger partial charge in [0.2, 0.25) is 0 Å². The topological polar surface area (TPSA) is 9.23 Å². The van der Waals surface area contributed by atoms with Crippen LogP contribution in [0.5, 0.6) is 5.75 Å². The highest BCUT2D eigenvalue weighted by atomic mass is 16.5. The first-order chi connectivity index (χ1) is 6.74. The van der Waals surface area contributed by atoms with Crippen molar-refractivity contribution in [1.29, 1.82) is 0 Å². The summed E-state index contributed by atoms with van der Waals surface area (Å²) < 4.78 is 5.44. The second-order valence-electron chi connectivity index (χ2n) is 3.42. The van der Waals surface area contributed by atoms with E-state index in [1.54, 1.807) is 7.11 Å². The molecule has 0 aliphatic carbocycles. The predicted molar refractivity (Wildman–Crippen MR) is 61.0 cm³/mol. The van der Waals surface area contributed by atoms with Crippen LogP contribution in [-0.4, -0.2) is 7.11 Å². The van der Waals surface area contributed by atoms with Crippen molar-refractivity contribution < 1.29 is 4.74 Å². The van der Waals surface area contributed by atoms with Gasteiger partial charge in [-0.05, 0) is 12.0 Å². The summed E-state index contributed by atoms with van der Waals surface area (Å²) in [6.07, 6.45) is 2.94. The largest absolute Gasteiger partial charge is 0.496 e. The Morgan fingerprint density at radius 3 is 2.71 bits per heavy atom. The molecule has 1 aromatic rings. The Labute approximate surface area is 86.4 Å². The minimum atomic E-state index is 0.344. The monoisotopic (exact) mass is 190 g/mol. The normalized spacial score (nSPS) is 12.2. The van der Waals surface area contributed by atoms with Gasteiger partial charge in [-0.1, -0.05) is 38.1 Å². The Bertz CT molecular complexity index is 315. The number of hydrogen-bond acceptors (Lipinski definition) is 1. The van der Waals surface area contributed by atoms with E-state index in [0.717, 1.165) is 12.2 Å². The molecule has 0 aliphatic rings. The molecule has 1 heteroatoms. The smallest absolute Gasteiger partial charge is 0.125 e. The Hall–Kier alpha value is -1.24. The summed E-state index contributed by atoms with van der Waals surface area (Å²) in [4.78, 5) is 0. The third-order valence-electron chi connectivity index (χ3n) is 2.56. The van der Waals surface area contributed by atoms with Gasteiger partial charge in [0, 0.05) is 11.5 Å². The molecule has 1 aromatic carbocycles. The molecule has 0 aromatic heterocycles. The third-order valence-corrected chi connectivity index (χ3v) is 2.56. The maximum Gasteiger partial charge on any atom is 0.125 e. The Kier molecular flexibility index (Phi) is 3.75. The van der Waals surface area contributed by atoms with Crippen molar-refractivity contribution in [2.75, 3.05) is 7.11 Å². The number of ether oxygens (including phenoxy) is 1. The van der Waals surface area contributed by atoms with Crippen molar-refractivity contribution in [1.82, 2.24) is 0 Å². The standard InChI is InChI=1S/C13H18O/c1-5-10(3)12-9-7-8-11(6-2)13(12)14-4/h5,7-10H,1,6H2,2-4H3. The molecule has 1 nitrogen and oxygen atoms in total. The number of allylic oxidation sites excluding steroid dienone is 1. The fourth-order valence-electron chi connectivity index (χ4n) is 1.62. The van der Waals surface area contributed by atoms with Crippen LogP contribution in [-0.2, 0) is 6.42 Å². The molecule has 14 heavy (non-hydrogen) atoms. The molecule has 76 valence electrons. The van der Waals surface area contributed by atoms with Crippen LogP contribution in [0.1, 0.15) is 30.9 Å². The molecule has 0 aliphatic heterocycles. The number of hydrogen-bond donors (Lipinski definition) is 0. The van der Waals surface area contributed by atoms with Crippen LogP contribution in [0.4, 0.5) is 0 Å². The summed E-state index contributed by atoms with van der Waals surface area (Å²) in [5.41, 5.74) is 2.49. The lowest BCUT2D eigenvalue weighted by Crippen LogP contribution is -1.98. The number of aryl methyl sites for hydroxylation is 1. The van der Waals surface area contributed by atoms with Crippen LogP contribution in [0.2, 0.25) is 0 Å². The first-order valence-corrected chi connectivity index (χ1v) is 5.02. The van der Waals surface area contributed by atoms with E-state index in [2.05, 4.69) is 38.6 Å². The predicted octanol–water partition coefficient (Wildman–Crippen LogP) is 3.55. The van der Waals surface area contributed by atoms with Crippen LogP contribution in [0, 0.1) is 0 Å². The van der Waals surface area contributed by atoms with Crippen LogP contribution < -0.4 is 4.74 Å². The summed E-state index contributed by atoms with van der Waals surface area (Å²) in [5, 5.41) is 0. The van der Waals surface area contributed by atoms with E-state index >= 15 is 0 Å². The summed E-state index contributed by atoms with van der Waals surface area (Å²) >= 11 is 0. The lowest BCUT2D eigenvalue weighted by Gasteiger charge is -2.15. The van der Waals surface area contributed by atoms with E-state index in [1.165, 1.54) is 11.1 Å². The molecule has 0 heterocycles. The van der Waals surface area contributed by atoms with Crippen LogP contribution in [0.3, 0.4) is 0 Å². The summed E-state index contributed by atoms with van der Waals surface area (Å²) in [7, 11) is 1.73. The van der Waals surface area contributed by atoms with E-state index in [-0.39, 0.29) is 0 Å². The first kappa shape index (κ1) is 10.8. The van der Waals surface area contributed by atoms with Crippen molar-refractivity contribution >= 4 is 0 Å². The zero-order valence-electron chi connectivity index (χ0n) is 9.21. The van der Waals surface area contributed by atoms with Gasteiger partial charge < -0.3 is 4.74 Å². The molecule has 0 amide bonds. The zero-order chi connectivity index (χ0) is 10.6. The van der Waals surface area contributed by atoms with E-state index in [1.807, 2.05) is 6.08 Å². The van der Waals surface area contributed by atoms with Gasteiger partial charge in [-0.3, -0.25) is 0 Å². The number of methoxy groups -OCH3 is 1. The Morgan fingerprint density at radius 2 is 2.21 bits per heavy atom. The fourth-order valence-corrected chi connectivity index (χ4v) is 1.62. The van der Waals surface area contributed by atoms with Crippen molar-refractivity contribution in [3.8, 4) is 5.75 Å². The Balaban J connectivity index is 3.21. The molecule has 1 atom stereocenters. The summed E-state index contributed by atoms with van der Waals surface area (Å²) in [6, 6.07) is 6.29. The molecule has 0 saturated heterocycles. The van der Waals surface area contributed by atoms with Gasteiger partial charge in [-0.15, -0.1) is 6.58 Å². The highest BCUT2D eigenvalue weighted by Gasteiger charge is 2.10. The molecule has 1 unspecified atom stereocenters. The van der Waals surface area contributed by atoms with Crippen LogP contribution in [0.15, 0.2) is 30.9 Å². The molecule has 0 bridgehead atoms. The van der Waals surface area contributed by atoms with Crippen molar-refractivity contribution in [2.24, 2.45) is 0 Å². The van der Waals surface area contributed by atoms with E-state index < -0.39 is 0 Å². The molecule has 0 saturated carbocycles. The Morgan fingerprint density at radius 1 is 1.50 bits per heavy atom. The molecule has 0 N–H and O–H groups in total. The zero-order valence-corrected chi connectivity index (χ0v) is 9.21. The number of rotatable bonds is 4. The van der Waals surface area contributed by atoms with Gasteiger partial charge in [0.15, 0.2) is 0 Å². The van der Waals surface area contributed by atoms with Gasteiger partial charge >= 0.3 is 0 Å². The van der Waals surface area contributed by atoms with Gasteiger partial charge in [0.25, 0.3) is 0 Å². The van der Waals surface area contributed by atoms with Crippen molar-refractivity contribution in [3.05, 3.63) is 42.0 Å². The van der Waals surface area contributed by atoms with Gasteiger partial charge in [-0.2, -0.15) is 0 Å². The number of benzene rings is 1. The SMILES string of the molecule is C=CC(C)c1cccc(CC)c1OC. The fraction of sp³-hybridized carbons (Fsp3) is 0.385. The lowest BCUT2D eigenvalue weighted by molar-refractivity contribution is 0.404. The second kappa shape index (κ2) is 4.85. The molecular weight excluding hydrogens is 172 g/mol. The third kappa shape index (κ3) is 1.98. The first-order valence-electron chi connectivity index (χ1n) is 5.02. The molecule has 0 fully saturated rings. The van der Waals surface area contributed by atoms with E-state index in [0.29, 0.717) is 5.92 Å². The van der Waals surface area contributed by atoms with Gasteiger partial charge in [-0.25, -0.2) is 0 Å². The van der Waals surface area contributed by atoms with Crippen LogP contribution in [0.25, 0.3) is 0 Å². The average molecular weight is 190 g/mol. The average Bonchev–Trinajstić information content (AvgIpc) is 2.26.